The fourth-order valence-corrected chi connectivity index (χ4v) is 3.95. The third-order valence-electron chi connectivity index (χ3n) is 3.85. The first-order valence-corrected chi connectivity index (χ1v) is 7.37. The molecule has 1 N–H and O–H groups in total. The van der Waals surface area contributed by atoms with Crippen LogP contribution in [0.3, 0.4) is 0 Å². The molecule has 1 aromatic heterocycles. The molecular weight excluding hydrogens is 232 g/mol. The largest absolute Gasteiger partial charge is 0.391 e. The highest BCUT2D eigenvalue weighted by Gasteiger charge is 2.33. The second-order valence-corrected chi connectivity index (χ2v) is 6.64. The zero-order valence-corrected chi connectivity index (χ0v) is 11.3. The number of rotatable bonds is 3. The maximum Gasteiger partial charge on any atom is 0.186 e. The van der Waals surface area contributed by atoms with E-state index in [9.17, 15) is 5.11 Å². The molecule has 0 amide bonds. The van der Waals surface area contributed by atoms with E-state index in [1.165, 1.54) is 25.0 Å². The first-order valence-electron chi connectivity index (χ1n) is 6.56. The molecule has 2 fully saturated rings. The Morgan fingerprint density at radius 1 is 1.41 bits per heavy atom. The van der Waals surface area contributed by atoms with Crippen LogP contribution < -0.4 is 4.90 Å². The van der Waals surface area contributed by atoms with E-state index in [0.717, 1.165) is 22.5 Å². The van der Waals surface area contributed by atoms with Gasteiger partial charge in [-0.15, -0.1) is 0 Å². The Morgan fingerprint density at radius 3 is 2.71 bits per heavy atom. The van der Waals surface area contributed by atoms with Gasteiger partial charge in [-0.2, -0.15) is 0 Å². The molecular formula is C13H20N2OS. The summed E-state index contributed by atoms with van der Waals surface area (Å²) in [5.74, 6) is 1.40. The van der Waals surface area contributed by atoms with E-state index in [0.29, 0.717) is 12.0 Å². The minimum absolute atomic E-state index is 0.154. The molecule has 1 saturated heterocycles. The molecule has 2 aliphatic rings. The van der Waals surface area contributed by atoms with Crippen molar-refractivity contribution in [1.82, 2.24) is 4.98 Å². The molecule has 1 aliphatic carbocycles. The van der Waals surface area contributed by atoms with Gasteiger partial charge in [0, 0.05) is 18.5 Å². The van der Waals surface area contributed by atoms with Crippen LogP contribution in [0.1, 0.15) is 49.6 Å². The lowest BCUT2D eigenvalue weighted by Gasteiger charge is -2.19. The molecule has 0 radical (unpaired) electrons. The summed E-state index contributed by atoms with van der Waals surface area (Å²) in [6, 6.07) is 0.592. The van der Waals surface area contributed by atoms with Gasteiger partial charge in [0.25, 0.3) is 0 Å². The van der Waals surface area contributed by atoms with Gasteiger partial charge >= 0.3 is 0 Å². The van der Waals surface area contributed by atoms with Crippen molar-refractivity contribution < 1.29 is 5.11 Å². The highest BCUT2D eigenvalue weighted by atomic mass is 32.1. The lowest BCUT2D eigenvalue weighted by molar-refractivity contribution is 0.284. The summed E-state index contributed by atoms with van der Waals surface area (Å²) in [7, 11) is 0. The van der Waals surface area contributed by atoms with Gasteiger partial charge < -0.3 is 10.0 Å². The third-order valence-corrected chi connectivity index (χ3v) is 4.95. The molecule has 0 aromatic carbocycles. The van der Waals surface area contributed by atoms with Crippen molar-refractivity contribution in [2.24, 2.45) is 5.92 Å². The number of anilines is 1. The predicted molar refractivity (Wildman–Crippen MR) is 70.6 cm³/mol. The summed E-state index contributed by atoms with van der Waals surface area (Å²) in [6.45, 7) is 5.85. The smallest absolute Gasteiger partial charge is 0.186 e. The summed E-state index contributed by atoms with van der Waals surface area (Å²) in [6.07, 6.45) is 3.76. The molecule has 1 aromatic rings. The molecule has 1 aliphatic heterocycles. The zero-order chi connectivity index (χ0) is 12.0. The lowest BCUT2D eigenvalue weighted by atomic mass is 10.1. The van der Waals surface area contributed by atoms with E-state index in [1.54, 1.807) is 11.3 Å². The van der Waals surface area contributed by atoms with E-state index in [4.69, 9.17) is 4.98 Å². The molecule has 94 valence electrons. The highest BCUT2D eigenvalue weighted by molar-refractivity contribution is 7.15. The number of nitrogens with zero attached hydrogens (tertiary/aromatic N) is 2. The summed E-state index contributed by atoms with van der Waals surface area (Å²) >= 11 is 1.70. The normalized spacial score (nSPS) is 29.0. The number of hydrogen-bond acceptors (Lipinski definition) is 4. The van der Waals surface area contributed by atoms with Crippen molar-refractivity contribution in [3.63, 3.8) is 0 Å². The topological polar surface area (TPSA) is 36.4 Å². The van der Waals surface area contributed by atoms with Crippen LogP contribution >= 0.6 is 11.3 Å². The van der Waals surface area contributed by atoms with Crippen LogP contribution in [0.5, 0.6) is 0 Å². The van der Waals surface area contributed by atoms with E-state index < -0.39 is 0 Å². The molecule has 1 saturated carbocycles. The second-order valence-electron chi connectivity index (χ2n) is 5.58. The van der Waals surface area contributed by atoms with E-state index >= 15 is 0 Å². The molecule has 17 heavy (non-hydrogen) atoms. The maximum atomic E-state index is 9.42. The summed E-state index contributed by atoms with van der Waals surface area (Å²) in [5, 5.41) is 10.6. The van der Waals surface area contributed by atoms with E-state index in [-0.39, 0.29) is 6.61 Å². The van der Waals surface area contributed by atoms with Crippen LogP contribution in [0.2, 0.25) is 0 Å². The summed E-state index contributed by atoms with van der Waals surface area (Å²) < 4.78 is 0. The molecule has 2 unspecified atom stereocenters. The van der Waals surface area contributed by atoms with Gasteiger partial charge in [0.15, 0.2) is 5.13 Å². The molecule has 0 bridgehead atoms. The second kappa shape index (κ2) is 4.25. The van der Waals surface area contributed by atoms with Crippen molar-refractivity contribution >= 4 is 16.5 Å². The van der Waals surface area contributed by atoms with Gasteiger partial charge in [0.2, 0.25) is 0 Å². The lowest BCUT2D eigenvalue weighted by Crippen LogP contribution is -2.26. The van der Waals surface area contributed by atoms with Crippen molar-refractivity contribution in [3.8, 4) is 0 Å². The van der Waals surface area contributed by atoms with Crippen molar-refractivity contribution in [2.75, 3.05) is 11.4 Å². The quantitative estimate of drug-likeness (QED) is 0.898. The van der Waals surface area contributed by atoms with Crippen molar-refractivity contribution in [3.05, 3.63) is 10.6 Å². The van der Waals surface area contributed by atoms with Gasteiger partial charge in [-0.3, -0.25) is 0 Å². The minimum atomic E-state index is 0.154. The molecule has 4 heteroatoms. The Labute approximate surface area is 106 Å². The Bertz CT molecular complexity index is 414. The van der Waals surface area contributed by atoms with E-state index in [1.807, 2.05) is 0 Å². The number of thiazole rings is 1. The van der Waals surface area contributed by atoms with Crippen molar-refractivity contribution in [1.29, 1.82) is 0 Å². The maximum absolute atomic E-state index is 9.42. The standard InChI is InChI=1S/C13H20N2OS/c1-8-5-9(2)15(6-8)13-14-12(10-3-4-10)11(7-16)17-13/h8-10,16H,3-7H2,1-2H3. The van der Waals surface area contributed by atoms with Gasteiger partial charge in [0.1, 0.15) is 0 Å². The Kier molecular flexibility index (Phi) is 2.87. The van der Waals surface area contributed by atoms with Gasteiger partial charge in [-0.25, -0.2) is 4.98 Å². The van der Waals surface area contributed by atoms with Crippen LogP contribution in [-0.2, 0) is 6.61 Å². The van der Waals surface area contributed by atoms with E-state index in [2.05, 4.69) is 18.7 Å². The fraction of sp³-hybridized carbons (Fsp3) is 0.769. The van der Waals surface area contributed by atoms with Crippen molar-refractivity contribution in [2.45, 2.75) is 51.7 Å². The first kappa shape index (κ1) is 11.5. The molecule has 0 spiro atoms. The average molecular weight is 252 g/mol. The zero-order valence-electron chi connectivity index (χ0n) is 10.5. The van der Waals surface area contributed by atoms with Gasteiger partial charge in [0.05, 0.1) is 17.2 Å². The van der Waals surface area contributed by atoms with Crippen LogP contribution in [0, 0.1) is 5.92 Å². The fourth-order valence-electron chi connectivity index (χ4n) is 2.83. The number of aromatic nitrogens is 1. The van der Waals surface area contributed by atoms with Gasteiger partial charge in [-0.05, 0) is 32.1 Å². The van der Waals surface area contributed by atoms with Crippen LogP contribution in [0.4, 0.5) is 5.13 Å². The van der Waals surface area contributed by atoms with Crippen LogP contribution in [-0.4, -0.2) is 22.7 Å². The third kappa shape index (κ3) is 2.08. The monoisotopic (exact) mass is 252 g/mol. The predicted octanol–water partition coefficient (Wildman–Crippen LogP) is 2.75. The Morgan fingerprint density at radius 2 is 2.18 bits per heavy atom. The molecule has 3 nitrogen and oxygen atoms in total. The number of aliphatic hydroxyl groups excluding tert-OH is 1. The molecule has 3 rings (SSSR count). The summed E-state index contributed by atoms with van der Waals surface area (Å²) in [4.78, 5) is 8.30. The Balaban J connectivity index is 1.87. The van der Waals surface area contributed by atoms with Crippen LogP contribution in [0.15, 0.2) is 0 Å². The summed E-state index contributed by atoms with van der Waals surface area (Å²) in [5.41, 5.74) is 1.18. The number of aliphatic hydroxyl groups is 1. The average Bonchev–Trinajstić information content (AvgIpc) is 2.96. The molecule has 2 atom stereocenters. The highest BCUT2D eigenvalue weighted by Crippen LogP contribution is 2.45. The Hall–Kier alpha value is -0.610. The molecule has 2 heterocycles. The minimum Gasteiger partial charge on any atom is -0.391 e. The number of hydrogen-bond donors (Lipinski definition) is 1. The first-order chi connectivity index (χ1) is 8.19. The SMILES string of the molecule is CC1CC(C)N(c2nc(C3CC3)c(CO)s2)C1. The van der Waals surface area contributed by atoms with Crippen LogP contribution in [0.25, 0.3) is 0 Å². The van der Waals surface area contributed by atoms with Gasteiger partial charge in [-0.1, -0.05) is 18.3 Å².